The predicted molar refractivity (Wildman–Crippen MR) is 78.2 cm³/mol. The Labute approximate surface area is 130 Å². The van der Waals surface area contributed by atoms with E-state index in [9.17, 15) is 4.79 Å². The van der Waals surface area contributed by atoms with Crippen molar-refractivity contribution < 1.29 is 9.32 Å². The second kappa shape index (κ2) is 6.40. The summed E-state index contributed by atoms with van der Waals surface area (Å²) in [6.07, 6.45) is 3.02. The Morgan fingerprint density at radius 2 is 2.18 bits per heavy atom. The number of carbonyl (C=O) groups excluding carboxylic acids is 1. The van der Waals surface area contributed by atoms with Gasteiger partial charge in [0.25, 0.3) is 5.91 Å². The lowest BCUT2D eigenvalue weighted by molar-refractivity contribution is 0.0945. The Morgan fingerprint density at radius 1 is 1.32 bits per heavy atom. The number of amides is 1. The first kappa shape index (κ1) is 14.3. The molecule has 0 atom stereocenters. The first-order chi connectivity index (χ1) is 10.7. The monoisotopic (exact) mass is 317 g/mol. The quantitative estimate of drug-likeness (QED) is 0.776. The topological polar surface area (TPSA) is 85.8 Å². The molecule has 1 amide bonds. The van der Waals surface area contributed by atoms with Crippen LogP contribution in [0, 0.1) is 0 Å². The Bertz CT molecular complexity index is 769. The average molecular weight is 318 g/mol. The van der Waals surface area contributed by atoms with Gasteiger partial charge >= 0.3 is 0 Å². The number of halogens is 1. The fourth-order valence-electron chi connectivity index (χ4n) is 1.87. The number of nitrogens with one attached hydrogen (secondary N) is 1. The van der Waals surface area contributed by atoms with E-state index in [0.717, 1.165) is 5.56 Å². The van der Waals surface area contributed by atoms with Crippen molar-refractivity contribution in [1.82, 2.24) is 25.5 Å². The van der Waals surface area contributed by atoms with Gasteiger partial charge in [0, 0.05) is 11.1 Å². The number of aromatic nitrogens is 4. The largest absolute Gasteiger partial charge is 0.364 e. The Kier molecular flexibility index (Phi) is 4.15. The van der Waals surface area contributed by atoms with Crippen LogP contribution >= 0.6 is 11.6 Å². The number of rotatable bonds is 5. The maximum absolute atomic E-state index is 12.0. The van der Waals surface area contributed by atoms with Crippen molar-refractivity contribution in [2.75, 3.05) is 0 Å². The lowest BCUT2D eigenvalue weighted by atomic mass is 10.2. The van der Waals surface area contributed by atoms with Gasteiger partial charge in [-0.25, -0.2) is 4.68 Å². The lowest BCUT2D eigenvalue weighted by Crippen LogP contribution is -2.23. The van der Waals surface area contributed by atoms with Crippen LogP contribution in [0.1, 0.15) is 21.7 Å². The van der Waals surface area contributed by atoms with Gasteiger partial charge in [0.15, 0.2) is 5.69 Å². The molecule has 1 N–H and O–H groups in total. The van der Waals surface area contributed by atoms with E-state index >= 15 is 0 Å². The summed E-state index contributed by atoms with van der Waals surface area (Å²) in [6, 6.07) is 9.13. The predicted octanol–water partition coefficient (Wildman–Crippen LogP) is 1.90. The molecule has 0 radical (unpaired) electrons. The highest BCUT2D eigenvalue weighted by molar-refractivity contribution is 6.31. The molecule has 3 aromatic rings. The summed E-state index contributed by atoms with van der Waals surface area (Å²) in [5.41, 5.74) is 1.77. The molecule has 0 saturated carbocycles. The molecule has 0 fully saturated rings. The molecule has 0 aliphatic rings. The van der Waals surface area contributed by atoms with Crippen LogP contribution in [0.4, 0.5) is 0 Å². The average Bonchev–Trinajstić information content (AvgIpc) is 3.19. The first-order valence-electron chi connectivity index (χ1n) is 6.53. The summed E-state index contributed by atoms with van der Waals surface area (Å²) in [6.45, 7) is 0.718. The van der Waals surface area contributed by atoms with Gasteiger partial charge in [-0.2, -0.15) is 0 Å². The van der Waals surface area contributed by atoms with Crippen molar-refractivity contribution in [1.29, 1.82) is 0 Å². The zero-order valence-electron chi connectivity index (χ0n) is 11.4. The Balaban J connectivity index is 1.63. The highest BCUT2D eigenvalue weighted by Gasteiger charge is 2.11. The zero-order chi connectivity index (χ0) is 15.4. The molecule has 0 saturated heterocycles. The number of carbonyl (C=O) groups is 1. The van der Waals surface area contributed by atoms with Crippen molar-refractivity contribution in [2.45, 2.75) is 13.1 Å². The molecule has 2 aromatic heterocycles. The molecular formula is C14H12ClN5O2. The van der Waals surface area contributed by atoms with Crippen molar-refractivity contribution >= 4 is 17.5 Å². The van der Waals surface area contributed by atoms with E-state index in [0.29, 0.717) is 17.3 Å². The van der Waals surface area contributed by atoms with Crippen LogP contribution in [0.25, 0.3) is 0 Å². The van der Waals surface area contributed by atoms with E-state index in [-0.39, 0.29) is 18.1 Å². The van der Waals surface area contributed by atoms with E-state index in [1.807, 2.05) is 18.2 Å². The van der Waals surface area contributed by atoms with Crippen LogP contribution in [-0.4, -0.2) is 26.1 Å². The van der Waals surface area contributed by atoms with Crippen LogP contribution in [0.3, 0.4) is 0 Å². The van der Waals surface area contributed by atoms with E-state index < -0.39 is 0 Å². The van der Waals surface area contributed by atoms with Gasteiger partial charge in [-0.3, -0.25) is 4.79 Å². The molecule has 22 heavy (non-hydrogen) atoms. The van der Waals surface area contributed by atoms with Crippen LogP contribution in [-0.2, 0) is 13.1 Å². The first-order valence-corrected chi connectivity index (χ1v) is 6.91. The lowest BCUT2D eigenvalue weighted by Gasteiger charge is -2.02. The minimum atomic E-state index is -0.326. The summed E-state index contributed by atoms with van der Waals surface area (Å²) in [5, 5.41) is 14.8. The third-order valence-corrected chi connectivity index (χ3v) is 3.35. The Morgan fingerprint density at radius 3 is 2.95 bits per heavy atom. The summed E-state index contributed by atoms with van der Waals surface area (Å²) in [5.74, 6) is -0.326. The standard InChI is InChI=1S/C14H12ClN5O2/c15-12-4-2-1-3-10(12)8-20-9-13(17-19-20)14(21)16-7-11-5-6-22-18-11/h1-6,9H,7-8H2,(H,16,21). The van der Waals surface area contributed by atoms with Crippen LogP contribution < -0.4 is 5.32 Å². The molecule has 1 aromatic carbocycles. The fraction of sp³-hybridized carbons (Fsp3) is 0.143. The molecule has 112 valence electrons. The molecule has 0 bridgehead atoms. The number of benzene rings is 1. The van der Waals surface area contributed by atoms with Gasteiger partial charge in [-0.15, -0.1) is 5.10 Å². The molecule has 0 aliphatic carbocycles. The van der Waals surface area contributed by atoms with E-state index in [1.54, 1.807) is 23.0 Å². The zero-order valence-corrected chi connectivity index (χ0v) is 12.2. The van der Waals surface area contributed by atoms with Crippen molar-refractivity contribution in [2.24, 2.45) is 0 Å². The maximum Gasteiger partial charge on any atom is 0.273 e. The number of nitrogens with zero attached hydrogens (tertiary/aromatic N) is 4. The van der Waals surface area contributed by atoms with Gasteiger partial charge < -0.3 is 9.84 Å². The van der Waals surface area contributed by atoms with Gasteiger partial charge in [-0.1, -0.05) is 40.2 Å². The molecular weight excluding hydrogens is 306 g/mol. The molecule has 0 spiro atoms. The summed E-state index contributed by atoms with van der Waals surface area (Å²) in [4.78, 5) is 12.0. The second-order valence-corrected chi connectivity index (χ2v) is 4.97. The van der Waals surface area contributed by atoms with Gasteiger partial charge in [0.1, 0.15) is 12.0 Å². The number of hydrogen-bond acceptors (Lipinski definition) is 5. The van der Waals surface area contributed by atoms with E-state index in [1.165, 1.54) is 6.26 Å². The van der Waals surface area contributed by atoms with Crippen molar-refractivity contribution in [3.05, 3.63) is 64.8 Å². The summed E-state index contributed by atoms with van der Waals surface area (Å²) >= 11 is 6.09. The molecule has 0 aliphatic heterocycles. The molecule has 2 heterocycles. The van der Waals surface area contributed by atoms with Crippen LogP contribution in [0.5, 0.6) is 0 Å². The normalized spacial score (nSPS) is 10.6. The maximum atomic E-state index is 12.0. The van der Waals surface area contributed by atoms with Gasteiger partial charge in [-0.05, 0) is 11.6 Å². The highest BCUT2D eigenvalue weighted by atomic mass is 35.5. The highest BCUT2D eigenvalue weighted by Crippen LogP contribution is 2.15. The number of hydrogen-bond donors (Lipinski definition) is 1. The second-order valence-electron chi connectivity index (χ2n) is 4.57. The third-order valence-electron chi connectivity index (χ3n) is 2.98. The summed E-state index contributed by atoms with van der Waals surface area (Å²) < 4.78 is 6.25. The Hall–Kier alpha value is -2.67. The van der Waals surface area contributed by atoms with E-state index in [4.69, 9.17) is 11.6 Å². The smallest absolute Gasteiger partial charge is 0.273 e. The molecule has 3 rings (SSSR count). The summed E-state index contributed by atoms with van der Waals surface area (Å²) in [7, 11) is 0. The van der Waals surface area contributed by atoms with Crippen molar-refractivity contribution in [3.63, 3.8) is 0 Å². The van der Waals surface area contributed by atoms with Crippen LogP contribution in [0.15, 0.2) is 47.3 Å². The SMILES string of the molecule is O=C(NCc1ccon1)c1cn(Cc2ccccc2Cl)nn1. The molecule has 7 nitrogen and oxygen atoms in total. The van der Waals surface area contributed by atoms with E-state index in [2.05, 4.69) is 25.3 Å². The van der Waals surface area contributed by atoms with Gasteiger partial charge in [0.2, 0.25) is 0 Å². The minimum absolute atomic E-state index is 0.232. The van der Waals surface area contributed by atoms with Crippen LogP contribution in [0.2, 0.25) is 5.02 Å². The third kappa shape index (κ3) is 3.32. The molecule has 8 heteroatoms. The fourth-order valence-corrected chi connectivity index (χ4v) is 2.07. The minimum Gasteiger partial charge on any atom is -0.364 e. The van der Waals surface area contributed by atoms with Crippen molar-refractivity contribution in [3.8, 4) is 0 Å². The van der Waals surface area contributed by atoms with Gasteiger partial charge in [0.05, 0.1) is 19.3 Å². The molecule has 0 unspecified atom stereocenters.